The minimum absolute atomic E-state index is 0.114. The third kappa shape index (κ3) is 2.81. The Morgan fingerprint density at radius 3 is 3.08 bits per heavy atom. The molecule has 1 aliphatic carbocycles. The molecule has 4 rings (SSSR count). The van der Waals surface area contributed by atoms with E-state index in [0.29, 0.717) is 18.1 Å². The van der Waals surface area contributed by atoms with E-state index in [1.54, 1.807) is 23.0 Å². The SMILES string of the molecule is N=C1CCCC1n1cc(C(N)=O)c(Nc2ccc3c(c2)COB3O)n1. The van der Waals surface area contributed by atoms with Crippen LogP contribution in [-0.4, -0.2) is 33.5 Å². The van der Waals surface area contributed by atoms with Crippen molar-refractivity contribution in [2.45, 2.75) is 31.9 Å². The lowest BCUT2D eigenvalue weighted by Gasteiger charge is -2.10. The highest BCUT2D eigenvalue weighted by atomic mass is 16.5. The molecule has 0 saturated heterocycles. The zero-order valence-electron chi connectivity index (χ0n) is 13.5. The number of hydrogen-bond donors (Lipinski definition) is 4. The zero-order chi connectivity index (χ0) is 17.6. The van der Waals surface area contributed by atoms with E-state index in [1.165, 1.54) is 0 Å². The fraction of sp³-hybridized carbons (Fsp3) is 0.312. The van der Waals surface area contributed by atoms with Crippen LogP contribution in [0.25, 0.3) is 0 Å². The number of rotatable bonds is 4. The highest BCUT2D eigenvalue weighted by molar-refractivity contribution is 6.61. The summed E-state index contributed by atoms with van der Waals surface area (Å²) < 4.78 is 6.83. The molecule has 9 heteroatoms. The Morgan fingerprint density at radius 2 is 2.36 bits per heavy atom. The van der Waals surface area contributed by atoms with E-state index in [1.807, 2.05) is 6.07 Å². The standard InChI is InChI=1S/C16H18BN5O3/c18-13-2-1-3-14(13)22-7-11(15(19)23)16(21-22)20-10-4-5-12-9(6-10)8-25-17(12)24/h4-7,14,18,24H,1-3,8H2,(H2,19,23)(H,20,21). The summed E-state index contributed by atoms with van der Waals surface area (Å²) in [5.41, 5.74) is 8.75. The highest BCUT2D eigenvalue weighted by Crippen LogP contribution is 2.29. The van der Waals surface area contributed by atoms with Crippen LogP contribution in [0.1, 0.15) is 41.2 Å². The molecule has 1 unspecified atom stereocenters. The number of nitrogens with one attached hydrogen (secondary N) is 2. The summed E-state index contributed by atoms with van der Waals surface area (Å²) in [6.45, 7) is 0.336. The third-order valence-corrected chi connectivity index (χ3v) is 4.71. The molecular weight excluding hydrogens is 321 g/mol. The zero-order valence-corrected chi connectivity index (χ0v) is 13.5. The van der Waals surface area contributed by atoms with Crippen LogP contribution in [0.2, 0.25) is 0 Å². The number of carbonyl (C=O) groups excluding carboxylic acids is 1. The van der Waals surface area contributed by atoms with Crippen LogP contribution >= 0.6 is 0 Å². The van der Waals surface area contributed by atoms with E-state index >= 15 is 0 Å². The summed E-state index contributed by atoms with van der Waals surface area (Å²) >= 11 is 0. The van der Waals surface area contributed by atoms with Crippen LogP contribution < -0.4 is 16.5 Å². The molecule has 25 heavy (non-hydrogen) atoms. The van der Waals surface area contributed by atoms with E-state index in [4.69, 9.17) is 15.8 Å². The Kier molecular flexibility index (Phi) is 3.82. The number of fused-ring (bicyclic) bond motifs is 1. The number of amides is 1. The van der Waals surface area contributed by atoms with Gasteiger partial charge in [0, 0.05) is 17.6 Å². The highest BCUT2D eigenvalue weighted by Gasteiger charge is 2.28. The lowest BCUT2D eigenvalue weighted by molar-refractivity contribution is 0.100. The number of nitrogens with zero attached hydrogens (tertiary/aromatic N) is 2. The van der Waals surface area contributed by atoms with Crippen molar-refractivity contribution < 1.29 is 14.5 Å². The van der Waals surface area contributed by atoms with Gasteiger partial charge in [0.25, 0.3) is 5.91 Å². The van der Waals surface area contributed by atoms with Gasteiger partial charge in [-0.2, -0.15) is 5.10 Å². The van der Waals surface area contributed by atoms with Crippen molar-refractivity contribution in [3.63, 3.8) is 0 Å². The molecule has 1 atom stereocenters. The lowest BCUT2D eigenvalue weighted by Crippen LogP contribution is -2.27. The molecule has 1 aromatic heterocycles. The van der Waals surface area contributed by atoms with Gasteiger partial charge in [-0.1, -0.05) is 6.07 Å². The molecule has 128 valence electrons. The molecule has 2 aliphatic rings. The number of hydrogen-bond acceptors (Lipinski definition) is 6. The molecule has 1 fully saturated rings. The lowest BCUT2D eigenvalue weighted by atomic mass is 9.79. The second kappa shape index (κ2) is 6.01. The van der Waals surface area contributed by atoms with Gasteiger partial charge in [0.1, 0.15) is 5.56 Å². The van der Waals surface area contributed by atoms with E-state index in [-0.39, 0.29) is 11.6 Å². The number of primary amides is 1. The molecule has 5 N–H and O–H groups in total. The van der Waals surface area contributed by atoms with Gasteiger partial charge < -0.3 is 26.1 Å². The van der Waals surface area contributed by atoms with Crippen LogP contribution in [0.4, 0.5) is 11.5 Å². The van der Waals surface area contributed by atoms with Gasteiger partial charge in [-0.15, -0.1) is 0 Å². The Morgan fingerprint density at radius 1 is 1.52 bits per heavy atom. The smallest absolute Gasteiger partial charge is 0.423 e. The molecular formula is C16H18BN5O3. The molecule has 2 aromatic rings. The molecule has 0 radical (unpaired) electrons. The fourth-order valence-electron chi connectivity index (χ4n) is 3.39. The number of aromatic nitrogens is 2. The molecule has 0 bridgehead atoms. The summed E-state index contributed by atoms with van der Waals surface area (Å²) in [5, 5.41) is 25.3. The van der Waals surface area contributed by atoms with E-state index < -0.39 is 13.0 Å². The van der Waals surface area contributed by atoms with E-state index in [0.717, 1.165) is 36.0 Å². The second-order valence-corrected chi connectivity index (χ2v) is 6.37. The first-order chi connectivity index (χ1) is 12.0. The molecule has 1 amide bonds. The van der Waals surface area contributed by atoms with E-state index in [9.17, 15) is 9.82 Å². The van der Waals surface area contributed by atoms with Crippen LogP contribution in [0, 0.1) is 5.41 Å². The van der Waals surface area contributed by atoms with Crippen molar-refractivity contribution >= 4 is 35.7 Å². The van der Waals surface area contributed by atoms with E-state index in [2.05, 4.69) is 10.4 Å². The summed E-state index contributed by atoms with van der Waals surface area (Å²) in [6, 6.07) is 5.31. The first kappa shape index (κ1) is 15.9. The average Bonchev–Trinajstić information content (AvgIpc) is 3.27. The molecule has 8 nitrogen and oxygen atoms in total. The van der Waals surface area contributed by atoms with Gasteiger partial charge in [-0.3, -0.25) is 9.48 Å². The number of benzene rings is 1. The maximum absolute atomic E-state index is 11.8. The minimum atomic E-state index is -0.891. The van der Waals surface area contributed by atoms with Crippen LogP contribution in [-0.2, 0) is 11.3 Å². The predicted octanol–water partition coefficient (Wildman–Crippen LogP) is 0.688. The van der Waals surface area contributed by atoms with Crippen molar-refractivity contribution in [3.8, 4) is 0 Å². The Balaban J connectivity index is 1.64. The largest absolute Gasteiger partial charge is 0.491 e. The molecule has 0 spiro atoms. The first-order valence-corrected chi connectivity index (χ1v) is 8.18. The summed E-state index contributed by atoms with van der Waals surface area (Å²) in [4.78, 5) is 11.8. The predicted molar refractivity (Wildman–Crippen MR) is 93.5 cm³/mol. The fourth-order valence-corrected chi connectivity index (χ4v) is 3.39. The molecule has 1 aromatic carbocycles. The monoisotopic (exact) mass is 339 g/mol. The topological polar surface area (TPSA) is 126 Å². The Labute approximate surface area is 144 Å². The van der Waals surface area contributed by atoms with Crippen molar-refractivity contribution in [1.82, 2.24) is 9.78 Å². The molecule has 2 heterocycles. The Bertz CT molecular complexity index is 865. The quantitative estimate of drug-likeness (QED) is 0.610. The van der Waals surface area contributed by atoms with Crippen LogP contribution in [0.3, 0.4) is 0 Å². The van der Waals surface area contributed by atoms with Gasteiger partial charge in [0.2, 0.25) is 0 Å². The van der Waals surface area contributed by atoms with Crippen LogP contribution in [0.15, 0.2) is 24.4 Å². The van der Waals surface area contributed by atoms with Gasteiger partial charge in [-0.25, -0.2) is 0 Å². The van der Waals surface area contributed by atoms with Crippen molar-refractivity contribution in [1.29, 1.82) is 5.41 Å². The van der Waals surface area contributed by atoms with Gasteiger partial charge in [0.05, 0.1) is 12.6 Å². The third-order valence-electron chi connectivity index (χ3n) is 4.71. The van der Waals surface area contributed by atoms with Gasteiger partial charge in [-0.05, 0) is 42.4 Å². The Hall–Kier alpha value is -2.65. The summed E-state index contributed by atoms with van der Waals surface area (Å²) in [5.74, 6) is -0.204. The summed E-state index contributed by atoms with van der Waals surface area (Å²) in [6.07, 6.45) is 4.15. The van der Waals surface area contributed by atoms with Gasteiger partial charge >= 0.3 is 7.12 Å². The maximum Gasteiger partial charge on any atom is 0.491 e. The number of nitrogens with two attached hydrogens (primary N) is 1. The maximum atomic E-state index is 11.8. The normalized spacial score (nSPS) is 19.3. The summed E-state index contributed by atoms with van der Waals surface area (Å²) in [7, 11) is -0.891. The van der Waals surface area contributed by atoms with Gasteiger partial charge in [0.15, 0.2) is 5.82 Å². The number of carbonyl (C=O) groups is 1. The number of anilines is 2. The first-order valence-electron chi connectivity index (χ1n) is 8.18. The minimum Gasteiger partial charge on any atom is -0.423 e. The van der Waals surface area contributed by atoms with Crippen molar-refractivity contribution in [3.05, 3.63) is 35.5 Å². The van der Waals surface area contributed by atoms with Crippen molar-refractivity contribution in [2.75, 3.05) is 5.32 Å². The second-order valence-electron chi connectivity index (χ2n) is 6.37. The average molecular weight is 339 g/mol. The van der Waals surface area contributed by atoms with Crippen molar-refractivity contribution in [2.24, 2.45) is 5.73 Å². The molecule has 1 aliphatic heterocycles. The molecule has 1 saturated carbocycles. The van der Waals surface area contributed by atoms with Crippen LogP contribution in [0.5, 0.6) is 0 Å².